The third-order valence-corrected chi connectivity index (χ3v) is 7.10. The van der Waals surface area contributed by atoms with E-state index in [9.17, 15) is 14.4 Å². The molecule has 2 N–H and O–H groups in total. The van der Waals surface area contributed by atoms with E-state index in [-0.39, 0.29) is 42.3 Å². The summed E-state index contributed by atoms with van der Waals surface area (Å²) in [6, 6.07) is 6.94. The molecule has 2 heterocycles. The van der Waals surface area contributed by atoms with Gasteiger partial charge in [-0.25, -0.2) is 0 Å². The minimum Gasteiger partial charge on any atom is -0.497 e. The number of fused-ring (bicyclic) bond motifs is 1. The Morgan fingerprint density at radius 2 is 1.89 bits per heavy atom. The van der Waals surface area contributed by atoms with Gasteiger partial charge in [0.2, 0.25) is 5.91 Å². The van der Waals surface area contributed by atoms with Crippen molar-refractivity contribution in [2.75, 3.05) is 21.3 Å². The van der Waals surface area contributed by atoms with Gasteiger partial charge in [0, 0.05) is 37.3 Å². The molecule has 35 heavy (non-hydrogen) atoms. The topological polar surface area (TPSA) is 115 Å². The van der Waals surface area contributed by atoms with Gasteiger partial charge >= 0.3 is 0 Å². The third-order valence-electron chi connectivity index (χ3n) is 7.10. The quantitative estimate of drug-likeness (QED) is 0.624. The fourth-order valence-corrected chi connectivity index (χ4v) is 4.69. The van der Waals surface area contributed by atoms with E-state index in [1.807, 2.05) is 6.07 Å². The van der Waals surface area contributed by atoms with E-state index in [0.29, 0.717) is 11.5 Å². The van der Waals surface area contributed by atoms with E-state index >= 15 is 0 Å². The van der Waals surface area contributed by atoms with Crippen molar-refractivity contribution in [3.63, 3.8) is 0 Å². The molecule has 10 nitrogen and oxygen atoms in total. The van der Waals surface area contributed by atoms with Crippen LogP contribution in [0.15, 0.2) is 24.3 Å². The second kappa shape index (κ2) is 9.97. The van der Waals surface area contributed by atoms with Gasteiger partial charge in [0.25, 0.3) is 11.8 Å². The number of nitrogens with zero attached hydrogens (tertiary/aromatic N) is 3. The molecular weight excluding hydrogens is 450 g/mol. The van der Waals surface area contributed by atoms with Gasteiger partial charge in [-0.3, -0.25) is 19.1 Å². The Morgan fingerprint density at radius 3 is 2.57 bits per heavy atom. The maximum absolute atomic E-state index is 13.2. The highest BCUT2D eigenvalue weighted by atomic mass is 16.5. The molecule has 1 aromatic carbocycles. The monoisotopic (exact) mass is 483 g/mol. The molecule has 1 aromatic heterocycles. The summed E-state index contributed by atoms with van der Waals surface area (Å²) in [7, 11) is 4.74. The zero-order chi connectivity index (χ0) is 25.2. The van der Waals surface area contributed by atoms with Crippen molar-refractivity contribution in [1.29, 1.82) is 0 Å². The minimum absolute atomic E-state index is 0.117. The molecule has 1 aliphatic carbocycles. The number of carbonyl (C=O) groups is 3. The standard InChI is InChI=1S/C25H33N5O5/c1-25(24(33)27-17-8-6-5-7-9-17)15-30-20(23(32)29(25)2)13-19(28-30)22(31)26-14-16-10-11-18(34-3)12-21(16)35-4/h10-13,17H,5-9,14-15H2,1-4H3,(H,26,31)(H,27,33)/t25-/m0/s1. The summed E-state index contributed by atoms with van der Waals surface area (Å²) in [5, 5.41) is 10.3. The number of likely N-dealkylation sites (N-methyl/N-ethyl adjacent to an activating group) is 1. The Morgan fingerprint density at radius 1 is 1.14 bits per heavy atom. The molecular formula is C25H33N5O5. The third kappa shape index (κ3) is 4.82. The number of rotatable bonds is 7. The lowest BCUT2D eigenvalue weighted by Gasteiger charge is -2.41. The SMILES string of the molecule is COc1ccc(CNC(=O)c2cc3n(n2)C[C@@](C)(C(=O)NC2CCCCC2)N(C)C3=O)c(OC)c1. The first-order chi connectivity index (χ1) is 16.8. The normalized spacial score (nSPS) is 20.2. The van der Waals surface area contributed by atoms with Crippen molar-refractivity contribution < 1.29 is 23.9 Å². The number of ether oxygens (including phenoxy) is 2. The van der Waals surface area contributed by atoms with Crippen molar-refractivity contribution in [3.8, 4) is 11.5 Å². The summed E-state index contributed by atoms with van der Waals surface area (Å²) in [5.74, 6) is 0.274. The van der Waals surface area contributed by atoms with Gasteiger partial charge in [0.1, 0.15) is 22.7 Å². The van der Waals surface area contributed by atoms with Gasteiger partial charge in [0.05, 0.1) is 20.8 Å². The van der Waals surface area contributed by atoms with Gasteiger partial charge in [0.15, 0.2) is 5.69 Å². The molecule has 2 aromatic rings. The summed E-state index contributed by atoms with van der Waals surface area (Å²) in [4.78, 5) is 40.6. The van der Waals surface area contributed by atoms with Crippen molar-refractivity contribution in [3.05, 3.63) is 41.2 Å². The van der Waals surface area contributed by atoms with E-state index < -0.39 is 11.4 Å². The molecule has 0 bridgehead atoms. The lowest BCUT2D eigenvalue weighted by Crippen LogP contribution is -2.63. The molecule has 4 rings (SSSR count). The highest BCUT2D eigenvalue weighted by Crippen LogP contribution is 2.28. The number of amides is 3. The van der Waals surface area contributed by atoms with Crippen LogP contribution in [0.25, 0.3) is 0 Å². The predicted molar refractivity (Wildman–Crippen MR) is 128 cm³/mol. The summed E-state index contributed by atoms with van der Waals surface area (Å²) in [6.45, 7) is 2.12. The predicted octanol–water partition coefficient (Wildman–Crippen LogP) is 2.12. The Labute approximate surface area is 204 Å². The van der Waals surface area contributed by atoms with Gasteiger partial charge in [-0.1, -0.05) is 19.3 Å². The van der Waals surface area contributed by atoms with E-state index in [1.54, 1.807) is 40.3 Å². The fourth-order valence-electron chi connectivity index (χ4n) is 4.69. The number of carbonyl (C=O) groups excluding carboxylic acids is 3. The van der Waals surface area contributed by atoms with Crippen LogP contribution in [0.1, 0.15) is 65.6 Å². The number of hydrogen-bond donors (Lipinski definition) is 2. The molecule has 188 valence electrons. The van der Waals surface area contributed by atoms with E-state index in [2.05, 4.69) is 15.7 Å². The van der Waals surface area contributed by atoms with E-state index in [0.717, 1.165) is 31.2 Å². The molecule has 1 saturated carbocycles. The number of hydrogen-bond acceptors (Lipinski definition) is 6. The zero-order valence-electron chi connectivity index (χ0n) is 20.7. The lowest BCUT2D eigenvalue weighted by atomic mass is 9.92. The fraction of sp³-hybridized carbons (Fsp3) is 0.520. The minimum atomic E-state index is -1.10. The average molecular weight is 484 g/mol. The second-order valence-corrected chi connectivity index (χ2v) is 9.38. The number of methoxy groups -OCH3 is 2. The van der Waals surface area contributed by atoms with Crippen LogP contribution >= 0.6 is 0 Å². The summed E-state index contributed by atoms with van der Waals surface area (Å²) < 4.78 is 12.0. The molecule has 0 spiro atoms. The van der Waals surface area contributed by atoms with Crippen LogP contribution in [0.3, 0.4) is 0 Å². The summed E-state index contributed by atoms with van der Waals surface area (Å²) >= 11 is 0. The Hall–Kier alpha value is -3.56. The van der Waals surface area contributed by atoms with Crippen molar-refractivity contribution in [2.24, 2.45) is 0 Å². The lowest BCUT2D eigenvalue weighted by molar-refractivity contribution is -0.133. The molecule has 0 saturated heterocycles. The highest BCUT2D eigenvalue weighted by Gasteiger charge is 2.46. The molecule has 3 amide bonds. The van der Waals surface area contributed by atoms with E-state index in [1.165, 1.54) is 22.1 Å². The van der Waals surface area contributed by atoms with Gasteiger partial charge in [-0.05, 0) is 31.9 Å². The second-order valence-electron chi connectivity index (χ2n) is 9.38. The van der Waals surface area contributed by atoms with Crippen molar-refractivity contribution >= 4 is 17.7 Å². The number of aromatic nitrogens is 2. The van der Waals surface area contributed by atoms with E-state index in [4.69, 9.17) is 9.47 Å². The molecule has 0 radical (unpaired) electrons. The molecule has 1 atom stereocenters. The van der Waals surface area contributed by atoms with Crippen molar-refractivity contribution in [1.82, 2.24) is 25.3 Å². The smallest absolute Gasteiger partial charge is 0.272 e. The maximum atomic E-state index is 13.2. The largest absolute Gasteiger partial charge is 0.497 e. The molecule has 0 unspecified atom stereocenters. The first-order valence-electron chi connectivity index (χ1n) is 11.9. The van der Waals surface area contributed by atoms with Gasteiger partial charge < -0.3 is 25.0 Å². The first-order valence-corrected chi connectivity index (χ1v) is 11.9. The molecule has 2 aliphatic rings. The van der Waals surface area contributed by atoms with Crippen LogP contribution in [-0.2, 0) is 17.9 Å². The number of benzene rings is 1. The first kappa shape index (κ1) is 24.6. The highest BCUT2D eigenvalue weighted by molar-refractivity contribution is 6.01. The molecule has 10 heteroatoms. The van der Waals surface area contributed by atoms with Crippen LogP contribution in [0.4, 0.5) is 0 Å². The zero-order valence-corrected chi connectivity index (χ0v) is 20.7. The summed E-state index contributed by atoms with van der Waals surface area (Å²) in [5.41, 5.74) is 0.0692. The van der Waals surface area contributed by atoms with Crippen LogP contribution in [0.2, 0.25) is 0 Å². The van der Waals surface area contributed by atoms with Gasteiger partial charge in [-0.15, -0.1) is 0 Å². The van der Waals surface area contributed by atoms with Crippen LogP contribution in [0.5, 0.6) is 11.5 Å². The molecule has 1 fully saturated rings. The number of nitrogens with one attached hydrogen (secondary N) is 2. The summed E-state index contributed by atoms with van der Waals surface area (Å²) in [6.07, 6.45) is 5.29. The Bertz CT molecular complexity index is 1120. The Kier molecular flexibility index (Phi) is 7.00. The van der Waals surface area contributed by atoms with Gasteiger partial charge in [-0.2, -0.15) is 5.10 Å². The average Bonchev–Trinajstić information content (AvgIpc) is 3.30. The maximum Gasteiger partial charge on any atom is 0.272 e. The van der Waals surface area contributed by atoms with Crippen LogP contribution in [0, 0.1) is 0 Å². The van der Waals surface area contributed by atoms with Crippen LogP contribution < -0.4 is 20.1 Å². The molecule has 1 aliphatic heterocycles. The Balaban J connectivity index is 1.47. The van der Waals surface area contributed by atoms with Crippen LogP contribution in [-0.4, -0.2) is 65.2 Å². The van der Waals surface area contributed by atoms with Crippen molar-refractivity contribution in [2.45, 2.75) is 63.7 Å².